The minimum Gasteiger partial charge on any atom is -0.492 e. The Morgan fingerprint density at radius 2 is 1.78 bits per heavy atom. The number of benzene rings is 1. The fourth-order valence-electron chi connectivity index (χ4n) is 1.76. The van der Waals surface area contributed by atoms with E-state index in [1.54, 1.807) is 7.11 Å². The molecule has 1 heterocycles. The van der Waals surface area contributed by atoms with Crippen molar-refractivity contribution >= 4 is 17.3 Å². The molecule has 0 atom stereocenters. The molecule has 4 nitrogen and oxygen atoms in total. The molecule has 5 heteroatoms. The molecule has 0 N–H and O–H groups in total. The molecule has 0 fully saturated rings. The molecule has 94 valence electrons. The van der Waals surface area contributed by atoms with Crippen molar-refractivity contribution in [3.05, 3.63) is 35.5 Å². The first-order chi connectivity index (χ1) is 8.65. The van der Waals surface area contributed by atoms with Gasteiger partial charge in [0.2, 0.25) is 0 Å². The standard InChI is InChI=1S/C13H14ClN3O/c1-17(2)11-12(18-3)10(15-16-13(11)14)9-7-5-4-6-8-9/h4-8H,1-3H3. The normalized spacial score (nSPS) is 10.2. The molecule has 2 aromatic rings. The Balaban J connectivity index is 2.66. The molecule has 0 saturated carbocycles. The van der Waals surface area contributed by atoms with Crippen molar-refractivity contribution in [2.45, 2.75) is 0 Å². The van der Waals surface area contributed by atoms with Crippen molar-refractivity contribution in [1.29, 1.82) is 0 Å². The highest BCUT2D eigenvalue weighted by Crippen LogP contribution is 2.39. The molecule has 0 spiro atoms. The number of nitrogens with zero attached hydrogens (tertiary/aromatic N) is 3. The number of ether oxygens (including phenoxy) is 1. The Hall–Kier alpha value is -1.81. The molecular formula is C13H14ClN3O. The molecule has 0 aliphatic rings. The van der Waals surface area contributed by atoms with Gasteiger partial charge in [0, 0.05) is 19.7 Å². The SMILES string of the molecule is COc1c(-c2ccccc2)nnc(Cl)c1N(C)C. The topological polar surface area (TPSA) is 38.3 Å². The largest absolute Gasteiger partial charge is 0.492 e. The van der Waals surface area contributed by atoms with Crippen LogP contribution in [0, 0.1) is 0 Å². The molecular weight excluding hydrogens is 250 g/mol. The second-order valence-corrected chi connectivity index (χ2v) is 4.34. The summed E-state index contributed by atoms with van der Waals surface area (Å²) in [6.45, 7) is 0. The molecule has 0 amide bonds. The Labute approximate surface area is 111 Å². The number of anilines is 1. The minimum absolute atomic E-state index is 0.330. The number of hydrogen-bond donors (Lipinski definition) is 0. The summed E-state index contributed by atoms with van der Waals surface area (Å²) in [7, 11) is 5.38. The average Bonchev–Trinajstić information content (AvgIpc) is 2.38. The van der Waals surface area contributed by atoms with Crippen LogP contribution in [0.3, 0.4) is 0 Å². The smallest absolute Gasteiger partial charge is 0.178 e. The molecule has 1 aromatic heterocycles. The maximum Gasteiger partial charge on any atom is 0.178 e. The summed E-state index contributed by atoms with van der Waals surface area (Å²) in [5, 5.41) is 8.44. The van der Waals surface area contributed by atoms with E-state index in [2.05, 4.69) is 10.2 Å². The van der Waals surface area contributed by atoms with Crippen molar-refractivity contribution in [3.8, 4) is 17.0 Å². The van der Waals surface area contributed by atoms with Crippen LogP contribution in [0.15, 0.2) is 30.3 Å². The molecule has 0 aliphatic carbocycles. The molecule has 2 rings (SSSR count). The van der Waals surface area contributed by atoms with Crippen LogP contribution < -0.4 is 9.64 Å². The van der Waals surface area contributed by atoms with E-state index in [1.165, 1.54) is 0 Å². The van der Waals surface area contributed by atoms with E-state index < -0.39 is 0 Å². The van der Waals surface area contributed by atoms with E-state index in [0.717, 1.165) is 11.3 Å². The van der Waals surface area contributed by atoms with Gasteiger partial charge in [0.05, 0.1) is 7.11 Å². The summed E-state index contributed by atoms with van der Waals surface area (Å²) in [6, 6.07) is 9.76. The zero-order chi connectivity index (χ0) is 13.1. The van der Waals surface area contributed by atoms with Crippen LogP contribution in [0.25, 0.3) is 11.3 Å². The number of halogens is 1. The lowest BCUT2D eigenvalue weighted by atomic mass is 10.1. The summed E-state index contributed by atoms with van der Waals surface area (Å²) in [5.41, 5.74) is 2.36. The van der Waals surface area contributed by atoms with Gasteiger partial charge in [-0.3, -0.25) is 0 Å². The number of methoxy groups -OCH3 is 1. The maximum atomic E-state index is 6.07. The molecule has 0 unspecified atom stereocenters. The maximum absolute atomic E-state index is 6.07. The van der Waals surface area contributed by atoms with Gasteiger partial charge in [0.25, 0.3) is 0 Å². The van der Waals surface area contributed by atoms with Gasteiger partial charge >= 0.3 is 0 Å². The Morgan fingerprint density at radius 1 is 1.11 bits per heavy atom. The van der Waals surface area contributed by atoms with Crippen LogP contribution in [0.4, 0.5) is 5.69 Å². The van der Waals surface area contributed by atoms with E-state index in [0.29, 0.717) is 16.6 Å². The van der Waals surface area contributed by atoms with Gasteiger partial charge in [-0.1, -0.05) is 41.9 Å². The monoisotopic (exact) mass is 263 g/mol. The van der Waals surface area contributed by atoms with E-state index in [-0.39, 0.29) is 0 Å². The van der Waals surface area contributed by atoms with Crippen LogP contribution in [-0.2, 0) is 0 Å². The lowest BCUT2D eigenvalue weighted by molar-refractivity contribution is 0.414. The Kier molecular flexibility index (Phi) is 3.67. The lowest BCUT2D eigenvalue weighted by Gasteiger charge is -2.19. The molecule has 0 aliphatic heterocycles. The van der Waals surface area contributed by atoms with Gasteiger partial charge in [-0.2, -0.15) is 0 Å². The second-order valence-electron chi connectivity index (χ2n) is 3.98. The molecule has 0 bridgehead atoms. The number of hydrogen-bond acceptors (Lipinski definition) is 4. The van der Waals surface area contributed by atoms with Gasteiger partial charge in [-0.25, -0.2) is 0 Å². The third-order valence-electron chi connectivity index (χ3n) is 2.56. The van der Waals surface area contributed by atoms with Gasteiger partial charge in [-0.05, 0) is 0 Å². The predicted octanol–water partition coefficient (Wildman–Crippen LogP) is 2.87. The Bertz CT molecular complexity index is 543. The lowest BCUT2D eigenvalue weighted by Crippen LogP contribution is -2.13. The highest BCUT2D eigenvalue weighted by Gasteiger charge is 2.18. The van der Waals surface area contributed by atoms with Crippen LogP contribution >= 0.6 is 11.6 Å². The zero-order valence-electron chi connectivity index (χ0n) is 10.5. The zero-order valence-corrected chi connectivity index (χ0v) is 11.3. The minimum atomic E-state index is 0.330. The first kappa shape index (κ1) is 12.6. The van der Waals surface area contributed by atoms with E-state index in [4.69, 9.17) is 16.3 Å². The van der Waals surface area contributed by atoms with Crippen molar-refractivity contribution < 1.29 is 4.74 Å². The van der Waals surface area contributed by atoms with Gasteiger partial charge in [0.1, 0.15) is 11.4 Å². The average molecular weight is 264 g/mol. The first-order valence-corrected chi connectivity index (χ1v) is 5.86. The molecule has 0 radical (unpaired) electrons. The number of rotatable bonds is 3. The van der Waals surface area contributed by atoms with Crippen LogP contribution in [0.1, 0.15) is 0 Å². The molecule has 1 aromatic carbocycles. The van der Waals surface area contributed by atoms with Gasteiger partial charge in [0.15, 0.2) is 10.9 Å². The van der Waals surface area contributed by atoms with E-state index >= 15 is 0 Å². The third-order valence-corrected chi connectivity index (χ3v) is 2.82. The van der Waals surface area contributed by atoms with Gasteiger partial charge in [-0.15, -0.1) is 10.2 Å². The third kappa shape index (κ3) is 2.24. The highest BCUT2D eigenvalue weighted by atomic mass is 35.5. The molecule has 0 saturated heterocycles. The van der Waals surface area contributed by atoms with Crippen molar-refractivity contribution in [2.75, 3.05) is 26.1 Å². The van der Waals surface area contributed by atoms with Crippen LogP contribution in [0.2, 0.25) is 5.15 Å². The van der Waals surface area contributed by atoms with E-state index in [1.807, 2.05) is 49.3 Å². The van der Waals surface area contributed by atoms with Crippen molar-refractivity contribution in [3.63, 3.8) is 0 Å². The fraction of sp³-hybridized carbons (Fsp3) is 0.231. The van der Waals surface area contributed by atoms with Crippen LogP contribution in [0.5, 0.6) is 5.75 Å². The summed E-state index contributed by atoms with van der Waals surface area (Å²) in [5.74, 6) is 0.631. The Morgan fingerprint density at radius 3 is 2.33 bits per heavy atom. The molecule has 18 heavy (non-hydrogen) atoms. The van der Waals surface area contributed by atoms with Crippen LogP contribution in [-0.4, -0.2) is 31.4 Å². The van der Waals surface area contributed by atoms with Crippen molar-refractivity contribution in [1.82, 2.24) is 10.2 Å². The summed E-state index contributed by atoms with van der Waals surface area (Å²) >= 11 is 6.07. The predicted molar refractivity (Wildman–Crippen MR) is 73.4 cm³/mol. The first-order valence-electron chi connectivity index (χ1n) is 5.48. The summed E-state index contributed by atoms with van der Waals surface area (Å²) < 4.78 is 5.44. The van der Waals surface area contributed by atoms with Crippen molar-refractivity contribution in [2.24, 2.45) is 0 Å². The quantitative estimate of drug-likeness (QED) is 0.854. The van der Waals surface area contributed by atoms with E-state index in [9.17, 15) is 0 Å². The summed E-state index contributed by atoms with van der Waals surface area (Å²) in [6.07, 6.45) is 0. The highest BCUT2D eigenvalue weighted by molar-refractivity contribution is 6.32. The number of aromatic nitrogens is 2. The summed E-state index contributed by atoms with van der Waals surface area (Å²) in [4.78, 5) is 1.86. The van der Waals surface area contributed by atoms with Gasteiger partial charge < -0.3 is 9.64 Å². The second kappa shape index (κ2) is 5.23. The fourth-order valence-corrected chi connectivity index (χ4v) is 2.05.